The molecule has 0 fully saturated rings. The van der Waals surface area contributed by atoms with Crippen LogP contribution >= 0.6 is 0 Å². The minimum Gasteiger partial charge on any atom is -0.374 e. The molecule has 142 valence electrons. The molecular formula is C22H36N2Si2. The van der Waals surface area contributed by atoms with E-state index in [1.54, 1.807) is 0 Å². The van der Waals surface area contributed by atoms with E-state index in [4.69, 9.17) is 0 Å². The lowest BCUT2D eigenvalue weighted by Crippen LogP contribution is -2.45. The Morgan fingerprint density at radius 3 is 2.04 bits per heavy atom. The number of fused-ring (bicyclic) bond motifs is 1. The molecule has 1 aromatic carbocycles. The highest BCUT2D eigenvalue weighted by Gasteiger charge is 2.39. The Kier molecular flexibility index (Phi) is 5.16. The fourth-order valence-electron chi connectivity index (χ4n) is 3.48. The second-order valence-electron chi connectivity index (χ2n) is 11.0. The number of benzene rings is 1. The fraction of sp³-hybridized carbons (Fsp3) is 0.591. The Balaban J connectivity index is 2.92. The number of hydrogen-bond donors (Lipinski definition) is 0. The predicted molar refractivity (Wildman–Crippen MR) is 120 cm³/mol. The van der Waals surface area contributed by atoms with Gasteiger partial charge in [0.15, 0.2) is 8.24 Å². The lowest BCUT2D eigenvalue weighted by molar-refractivity contribution is 0.693. The second-order valence-corrected chi connectivity index (χ2v) is 21.6. The normalized spacial score (nSPS) is 13.9. The molecule has 0 radical (unpaired) electrons. The van der Waals surface area contributed by atoms with Gasteiger partial charge in [-0.1, -0.05) is 65.6 Å². The molecule has 0 aliphatic carbocycles. The third-order valence-corrected chi connectivity index (χ3v) is 12.7. The zero-order valence-electron chi connectivity index (χ0n) is 18.4. The van der Waals surface area contributed by atoms with Crippen molar-refractivity contribution in [3.05, 3.63) is 35.5 Å². The standard InChI is InChI=1S/C22H36N2Si2/c1-21(2,3)26(9,10)24-14-17(15-25(6,7)8)20-18(22(4,5)16-23)12-11-13-19(20)24/h11-14H,15H2,1-10H3. The van der Waals surface area contributed by atoms with Gasteiger partial charge in [-0.15, -0.1) is 0 Å². The summed E-state index contributed by atoms with van der Waals surface area (Å²) in [5, 5.41) is 11.4. The van der Waals surface area contributed by atoms with Crippen LogP contribution in [0.4, 0.5) is 0 Å². The van der Waals surface area contributed by atoms with Crippen LogP contribution in [0.5, 0.6) is 0 Å². The van der Waals surface area contributed by atoms with Crippen molar-refractivity contribution >= 4 is 27.2 Å². The highest BCUT2D eigenvalue weighted by molar-refractivity contribution is 6.79. The summed E-state index contributed by atoms with van der Waals surface area (Å²) in [6, 6.07) is 10.3. The van der Waals surface area contributed by atoms with Crippen LogP contribution < -0.4 is 0 Å². The Morgan fingerprint density at radius 2 is 1.58 bits per heavy atom. The summed E-state index contributed by atoms with van der Waals surface area (Å²) in [5.74, 6) is 0. The molecule has 4 heteroatoms. The van der Waals surface area contributed by atoms with Crippen LogP contribution in [-0.2, 0) is 11.5 Å². The fourth-order valence-corrected chi connectivity index (χ4v) is 6.88. The number of nitrogens with zero attached hydrogens (tertiary/aromatic N) is 2. The van der Waals surface area contributed by atoms with E-state index in [-0.39, 0.29) is 5.04 Å². The van der Waals surface area contributed by atoms with E-state index in [2.05, 4.69) is 88.2 Å². The molecule has 2 aromatic rings. The molecule has 0 N–H and O–H groups in total. The van der Waals surface area contributed by atoms with Crippen LogP contribution in [0.1, 0.15) is 45.7 Å². The van der Waals surface area contributed by atoms with E-state index < -0.39 is 21.7 Å². The summed E-state index contributed by atoms with van der Waals surface area (Å²) >= 11 is 0. The van der Waals surface area contributed by atoms with E-state index in [9.17, 15) is 5.26 Å². The van der Waals surface area contributed by atoms with Crippen molar-refractivity contribution < 1.29 is 0 Å². The molecule has 26 heavy (non-hydrogen) atoms. The molecule has 1 aromatic heterocycles. The first-order chi connectivity index (χ1) is 11.6. The van der Waals surface area contributed by atoms with E-state index in [0.717, 1.165) is 6.04 Å². The van der Waals surface area contributed by atoms with Gasteiger partial charge < -0.3 is 4.23 Å². The first-order valence-electron chi connectivity index (χ1n) is 9.67. The Morgan fingerprint density at radius 1 is 1.00 bits per heavy atom. The molecule has 0 bridgehead atoms. The van der Waals surface area contributed by atoms with Crippen LogP contribution in [0.25, 0.3) is 10.9 Å². The van der Waals surface area contributed by atoms with Gasteiger partial charge in [0.2, 0.25) is 0 Å². The van der Waals surface area contributed by atoms with Crippen molar-refractivity contribution in [1.82, 2.24) is 4.23 Å². The molecule has 2 rings (SSSR count). The smallest absolute Gasteiger partial charge is 0.161 e. The molecule has 0 saturated carbocycles. The maximum Gasteiger partial charge on any atom is 0.161 e. The number of aromatic nitrogens is 1. The topological polar surface area (TPSA) is 28.7 Å². The van der Waals surface area contributed by atoms with Crippen LogP contribution in [-0.4, -0.2) is 20.5 Å². The van der Waals surface area contributed by atoms with Crippen LogP contribution in [0.2, 0.25) is 37.8 Å². The van der Waals surface area contributed by atoms with Crippen molar-refractivity contribution in [3.8, 4) is 6.07 Å². The van der Waals surface area contributed by atoms with Gasteiger partial charge in [-0.25, -0.2) is 0 Å². The lowest BCUT2D eigenvalue weighted by Gasteiger charge is -2.38. The molecule has 0 amide bonds. The van der Waals surface area contributed by atoms with Crippen molar-refractivity contribution in [2.24, 2.45) is 0 Å². The average molecular weight is 385 g/mol. The monoisotopic (exact) mass is 384 g/mol. The van der Waals surface area contributed by atoms with Crippen molar-refractivity contribution in [1.29, 1.82) is 5.26 Å². The maximum absolute atomic E-state index is 9.79. The molecule has 1 heterocycles. The number of nitriles is 1. The molecule has 0 atom stereocenters. The van der Waals surface area contributed by atoms with Gasteiger partial charge in [-0.2, -0.15) is 5.26 Å². The molecule has 0 spiro atoms. The summed E-state index contributed by atoms with van der Waals surface area (Å²) in [6.07, 6.45) is 2.44. The van der Waals surface area contributed by atoms with Gasteiger partial charge in [-0.3, -0.25) is 0 Å². The van der Waals surface area contributed by atoms with Gasteiger partial charge in [0.05, 0.1) is 11.5 Å². The summed E-state index contributed by atoms with van der Waals surface area (Å²) in [5.41, 5.74) is 3.48. The molecular weight excluding hydrogens is 348 g/mol. The quantitative estimate of drug-likeness (QED) is 0.538. The van der Waals surface area contributed by atoms with Crippen LogP contribution in [0, 0.1) is 11.3 Å². The van der Waals surface area contributed by atoms with Crippen molar-refractivity contribution in [2.75, 3.05) is 0 Å². The van der Waals surface area contributed by atoms with E-state index in [1.807, 2.05) is 13.8 Å². The molecule has 2 nitrogen and oxygen atoms in total. The second kappa shape index (κ2) is 6.39. The number of hydrogen-bond acceptors (Lipinski definition) is 1. The minimum absolute atomic E-state index is 0.260. The van der Waals surface area contributed by atoms with Crippen LogP contribution in [0.3, 0.4) is 0 Å². The van der Waals surface area contributed by atoms with Gasteiger partial charge in [-0.05, 0) is 48.3 Å². The molecule has 0 aliphatic rings. The van der Waals surface area contributed by atoms with E-state index in [1.165, 1.54) is 22.0 Å². The highest BCUT2D eigenvalue weighted by Crippen LogP contribution is 2.42. The predicted octanol–water partition coefficient (Wildman–Crippen LogP) is 6.72. The summed E-state index contributed by atoms with van der Waals surface area (Å²) in [6.45, 7) is 23.4. The zero-order valence-corrected chi connectivity index (χ0v) is 20.4. The van der Waals surface area contributed by atoms with Crippen molar-refractivity contribution in [2.45, 2.75) is 83.9 Å². The van der Waals surface area contributed by atoms with E-state index in [0.29, 0.717) is 0 Å². The maximum atomic E-state index is 9.79. The van der Waals surface area contributed by atoms with Crippen molar-refractivity contribution in [3.63, 3.8) is 0 Å². The van der Waals surface area contributed by atoms with E-state index >= 15 is 0 Å². The van der Waals surface area contributed by atoms with Gasteiger partial charge in [0.25, 0.3) is 0 Å². The SMILES string of the molecule is CC(C)(C#N)c1cccc2c1c(C[Si](C)(C)C)cn2[Si](C)(C)C(C)(C)C. The Hall–Kier alpha value is -1.32. The average Bonchev–Trinajstić information content (AvgIpc) is 2.83. The molecule has 0 unspecified atom stereocenters. The molecule has 0 aliphatic heterocycles. The first-order valence-corrected chi connectivity index (χ1v) is 16.3. The highest BCUT2D eigenvalue weighted by atomic mass is 28.3. The van der Waals surface area contributed by atoms with Gasteiger partial charge in [0, 0.05) is 19.0 Å². The Labute approximate surface area is 162 Å². The van der Waals surface area contributed by atoms with Crippen LogP contribution in [0.15, 0.2) is 24.4 Å². The zero-order chi connectivity index (χ0) is 20.1. The molecule has 0 saturated heterocycles. The minimum atomic E-state index is -1.74. The summed E-state index contributed by atoms with van der Waals surface area (Å²) in [4.78, 5) is 0. The largest absolute Gasteiger partial charge is 0.374 e. The lowest BCUT2D eigenvalue weighted by atomic mass is 9.83. The first kappa shape index (κ1) is 21.0. The summed E-state index contributed by atoms with van der Waals surface area (Å²) < 4.78 is 2.61. The third kappa shape index (κ3) is 3.70. The third-order valence-electron chi connectivity index (χ3n) is 6.02. The van der Waals surface area contributed by atoms with Gasteiger partial charge >= 0.3 is 0 Å². The number of rotatable bonds is 4. The Bertz CT molecular complexity index is 853. The van der Waals surface area contributed by atoms with Gasteiger partial charge in [0.1, 0.15) is 0 Å². The summed E-state index contributed by atoms with van der Waals surface area (Å²) in [7, 11) is -3.02.